The number of hydrogen-bond acceptors (Lipinski definition) is 5. The number of nitrogens with zero attached hydrogens (tertiary/aromatic N) is 3. The number of nitrogens with two attached hydrogens (primary N) is 1. The van der Waals surface area contributed by atoms with Crippen molar-refractivity contribution >= 4 is 31.9 Å². The van der Waals surface area contributed by atoms with Crippen LogP contribution in [0.5, 0.6) is 0 Å². The van der Waals surface area contributed by atoms with Crippen molar-refractivity contribution in [3.05, 3.63) is 58.3 Å². The maximum absolute atomic E-state index is 12.8. The topological polar surface area (TPSA) is 96.6 Å². The molecule has 1 aliphatic heterocycles. The van der Waals surface area contributed by atoms with E-state index in [1.165, 1.54) is 18.2 Å². The average molecular weight is 439 g/mol. The Morgan fingerprint density at radius 2 is 1.92 bits per heavy atom. The number of piperazine rings is 1. The molecule has 9 heteroatoms. The second-order valence-corrected chi connectivity index (χ2v) is 8.53. The lowest BCUT2D eigenvalue weighted by atomic mass is 10.1. The Bertz CT molecular complexity index is 897. The van der Waals surface area contributed by atoms with Crippen molar-refractivity contribution in [2.45, 2.75) is 11.4 Å². The zero-order chi connectivity index (χ0) is 18.7. The second-order valence-electron chi connectivity index (χ2n) is 6.12. The molecule has 0 spiro atoms. The summed E-state index contributed by atoms with van der Waals surface area (Å²) in [6.07, 6.45) is 3.58. The predicted octanol–water partition coefficient (Wildman–Crippen LogP) is 1.45. The molecule has 2 N–H and O–H groups in total. The fourth-order valence-corrected chi connectivity index (χ4v) is 3.83. The maximum atomic E-state index is 12.8. The number of benzene rings is 1. The van der Waals surface area contributed by atoms with Gasteiger partial charge in [0.2, 0.25) is 10.0 Å². The number of hydrogen-bond donors (Lipinski definition) is 1. The highest BCUT2D eigenvalue weighted by Crippen LogP contribution is 2.23. The molecule has 138 valence electrons. The molecule has 0 aliphatic carbocycles. The van der Waals surface area contributed by atoms with E-state index in [2.05, 4.69) is 25.8 Å². The Labute approximate surface area is 161 Å². The van der Waals surface area contributed by atoms with Gasteiger partial charge in [-0.2, -0.15) is 0 Å². The van der Waals surface area contributed by atoms with Crippen LogP contribution in [0.25, 0.3) is 0 Å². The third-order valence-corrected chi connectivity index (χ3v) is 5.89. The highest BCUT2D eigenvalue weighted by Gasteiger charge is 2.24. The molecule has 0 atom stereocenters. The van der Waals surface area contributed by atoms with Gasteiger partial charge < -0.3 is 4.90 Å². The van der Waals surface area contributed by atoms with Crippen molar-refractivity contribution < 1.29 is 13.2 Å². The second kappa shape index (κ2) is 7.83. The standard InChI is InChI=1S/C17H19BrN4O3S/c18-16-4-3-14(26(19,24)25)10-15(16)17(23)22-8-6-21(7-9-22)12-13-2-1-5-20-11-13/h1-5,10-11H,6-9,12H2,(H2,19,24,25). The lowest BCUT2D eigenvalue weighted by Gasteiger charge is -2.35. The molecule has 0 unspecified atom stereocenters. The Morgan fingerprint density at radius 1 is 1.19 bits per heavy atom. The smallest absolute Gasteiger partial charge is 0.255 e. The van der Waals surface area contributed by atoms with Crippen LogP contribution in [0.3, 0.4) is 0 Å². The van der Waals surface area contributed by atoms with Gasteiger partial charge in [-0.15, -0.1) is 0 Å². The Balaban J connectivity index is 1.67. The van der Waals surface area contributed by atoms with Gasteiger partial charge in [0.05, 0.1) is 10.5 Å². The first-order valence-electron chi connectivity index (χ1n) is 8.07. The molecule has 26 heavy (non-hydrogen) atoms. The van der Waals surface area contributed by atoms with Crippen LogP contribution in [0.2, 0.25) is 0 Å². The third-order valence-electron chi connectivity index (χ3n) is 4.29. The molecule has 2 heterocycles. The van der Waals surface area contributed by atoms with Crippen molar-refractivity contribution in [2.75, 3.05) is 26.2 Å². The SMILES string of the molecule is NS(=O)(=O)c1ccc(Br)c(C(=O)N2CCN(Cc3cccnc3)CC2)c1. The summed E-state index contributed by atoms with van der Waals surface area (Å²) in [4.78, 5) is 20.8. The van der Waals surface area contributed by atoms with E-state index in [1.807, 2.05) is 18.3 Å². The van der Waals surface area contributed by atoms with Gasteiger partial charge >= 0.3 is 0 Å². The predicted molar refractivity (Wildman–Crippen MR) is 101 cm³/mol. The number of rotatable bonds is 4. The van der Waals surface area contributed by atoms with Crippen LogP contribution in [0.4, 0.5) is 0 Å². The van der Waals surface area contributed by atoms with Crippen molar-refractivity contribution in [3.63, 3.8) is 0 Å². The Kier molecular flexibility index (Phi) is 5.71. The molecule has 1 aliphatic rings. The number of sulfonamides is 1. The minimum atomic E-state index is -3.86. The maximum Gasteiger partial charge on any atom is 0.255 e. The van der Waals surface area contributed by atoms with Crippen LogP contribution >= 0.6 is 15.9 Å². The Morgan fingerprint density at radius 3 is 2.54 bits per heavy atom. The van der Waals surface area contributed by atoms with Crippen molar-refractivity contribution in [2.24, 2.45) is 5.14 Å². The highest BCUT2D eigenvalue weighted by atomic mass is 79.9. The van der Waals surface area contributed by atoms with Crippen molar-refractivity contribution in [3.8, 4) is 0 Å². The first-order valence-corrected chi connectivity index (χ1v) is 10.4. The monoisotopic (exact) mass is 438 g/mol. The highest BCUT2D eigenvalue weighted by molar-refractivity contribution is 9.10. The van der Waals surface area contributed by atoms with Crippen LogP contribution in [0, 0.1) is 0 Å². The summed E-state index contributed by atoms with van der Waals surface area (Å²) in [7, 11) is -3.86. The summed E-state index contributed by atoms with van der Waals surface area (Å²) < 4.78 is 23.6. The summed E-state index contributed by atoms with van der Waals surface area (Å²) in [6.45, 7) is 3.43. The van der Waals surface area contributed by atoms with Gasteiger partial charge in [-0.1, -0.05) is 6.07 Å². The van der Waals surface area contributed by atoms with E-state index in [0.717, 1.165) is 25.2 Å². The number of aromatic nitrogens is 1. The summed E-state index contributed by atoms with van der Waals surface area (Å²) in [5.41, 5.74) is 1.44. The van der Waals surface area contributed by atoms with E-state index in [0.29, 0.717) is 23.1 Å². The van der Waals surface area contributed by atoms with Crippen LogP contribution in [-0.4, -0.2) is 55.3 Å². The summed E-state index contributed by atoms with van der Waals surface area (Å²) in [5, 5.41) is 5.17. The largest absolute Gasteiger partial charge is 0.336 e. The number of pyridine rings is 1. The van der Waals surface area contributed by atoms with E-state index in [-0.39, 0.29) is 10.8 Å². The van der Waals surface area contributed by atoms with Crippen molar-refractivity contribution in [1.29, 1.82) is 0 Å². The quantitative estimate of drug-likeness (QED) is 0.778. The molecule has 2 aromatic rings. The minimum Gasteiger partial charge on any atom is -0.336 e. The third kappa shape index (κ3) is 4.47. The van der Waals surface area contributed by atoms with Gasteiger partial charge in [-0.3, -0.25) is 14.7 Å². The minimum absolute atomic E-state index is 0.0701. The van der Waals surface area contributed by atoms with E-state index >= 15 is 0 Å². The van der Waals surface area contributed by atoms with Crippen LogP contribution in [0.15, 0.2) is 52.1 Å². The molecule has 1 saturated heterocycles. The van der Waals surface area contributed by atoms with Crippen molar-refractivity contribution in [1.82, 2.24) is 14.8 Å². The molecule has 1 fully saturated rings. The normalized spacial score (nSPS) is 15.8. The molecule has 0 saturated carbocycles. The van der Waals surface area contributed by atoms with E-state index in [9.17, 15) is 13.2 Å². The molecular weight excluding hydrogens is 420 g/mol. The number of halogens is 1. The van der Waals surface area contributed by atoms with Gasteiger partial charge in [-0.05, 0) is 45.8 Å². The number of carbonyl (C=O) groups is 1. The fourth-order valence-electron chi connectivity index (χ4n) is 2.87. The summed E-state index contributed by atoms with van der Waals surface area (Å²) in [6, 6.07) is 8.17. The molecule has 3 rings (SSSR count). The van der Waals surface area contributed by atoms with Gasteiger partial charge in [0.1, 0.15) is 0 Å². The summed E-state index contributed by atoms with van der Waals surface area (Å²) in [5.74, 6) is -0.205. The Hall–Kier alpha value is -1.81. The number of amides is 1. The molecule has 1 amide bonds. The average Bonchev–Trinajstić information content (AvgIpc) is 2.62. The van der Waals surface area contributed by atoms with Gasteiger partial charge in [0, 0.05) is 49.6 Å². The molecular formula is C17H19BrN4O3S. The van der Waals surface area contributed by atoms with Gasteiger partial charge in [-0.25, -0.2) is 13.6 Å². The molecule has 0 bridgehead atoms. The summed E-state index contributed by atoms with van der Waals surface area (Å²) >= 11 is 3.32. The van der Waals surface area contributed by atoms with Crippen LogP contribution in [-0.2, 0) is 16.6 Å². The lowest BCUT2D eigenvalue weighted by molar-refractivity contribution is 0.0627. The zero-order valence-corrected chi connectivity index (χ0v) is 16.4. The molecule has 1 aromatic carbocycles. The fraction of sp³-hybridized carbons (Fsp3) is 0.294. The number of primary sulfonamides is 1. The first-order chi connectivity index (χ1) is 12.3. The number of carbonyl (C=O) groups excluding carboxylic acids is 1. The van der Waals surface area contributed by atoms with Crippen LogP contribution < -0.4 is 5.14 Å². The van der Waals surface area contributed by atoms with E-state index in [4.69, 9.17) is 5.14 Å². The van der Waals surface area contributed by atoms with E-state index < -0.39 is 10.0 Å². The van der Waals surface area contributed by atoms with Gasteiger partial charge in [0.15, 0.2) is 0 Å². The first kappa shape index (κ1) is 19.0. The van der Waals surface area contributed by atoms with Crippen LogP contribution in [0.1, 0.15) is 15.9 Å². The van der Waals surface area contributed by atoms with E-state index in [1.54, 1.807) is 11.1 Å². The molecule has 7 nitrogen and oxygen atoms in total. The molecule has 1 aromatic heterocycles. The van der Waals surface area contributed by atoms with Gasteiger partial charge in [0.25, 0.3) is 5.91 Å². The lowest BCUT2D eigenvalue weighted by Crippen LogP contribution is -2.48. The zero-order valence-electron chi connectivity index (χ0n) is 14.0. The molecule has 0 radical (unpaired) electrons.